The van der Waals surface area contributed by atoms with E-state index in [1.807, 2.05) is 13.0 Å². The highest BCUT2D eigenvalue weighted by Crippen LogP contribution is 2.34. The molecule has 0 unspecified atom stereocenters. The van der Waals surface area contributed by atoms with Gasteiger partial charge in [0, 0.05) is 24.2 Å². The van der Waals surface area contributed by atoms with Crippen molar-refractivity contribution in [3.63, 3.8) is 0 Å². The molecule has 0 saturated carbocycles. The van der Waals surface area contributed by atoms with Crippen molar-refractivity contribution in [2.75, 3.05) is 27.9 Å². The third kappa shape index (κ3) is 5.58. The van der Waals surface area contributed by atoms with Gasteiger partial charge in [-0.15, -0.1) is 0 Å². The van der Waals surface area contributed by atoms with Gasteiger partial charge in [0.2, 0.25) is 0 Å². The normalized spacial score (nSPS) is 10.7. The number of benzene rings is 2. The Bertz CT molecular complexity index is 982. The van der Waals surface area contributed by atoms with E-state index in [1.165, 1.54) is 20.3 Å². The van der Waals surface area contributed by atoms with Gasteiger partial charge < -0.3 is 24.3 Å². The van der Waals surface area contributed by atoms with E-state index in [4.69, 9.17) is 30.5 Å². The maximum Gasteiger partial charge on any atom is 0.262 e. The summed E-state index contributed by atoms with van der Waals surface area (Å²) < 4.78 is 21.3. The zero-order valence-electron chi connectivity index (χ0n) is 17.2. The van der Waals surface area contributed by atoms with Crippen molar-refractivity contribution in [3.8, 4) is 29.1 Å². The molecule has 2 aromatic rings. The van der Waals surface area contributed by atoms with Gasteiger partial charge >= 0.3 is 0 Å². The molecule has 0 fully saturated rings. The highest BCUT2D eigenvalue weighted by molar-refractivity contribution is 6.32. The number of ether oxygens (including phenoxy) is 4. The van der Waals surface area contributed by atoms with E-state index in [2.05, 4.69) is 5.32 Å². The zero-order valence-corrected chi connectivity index (χ0v) is 18.0. The Labute approximate surface area is 180 Å². The summed E-state index contributed by atoms with van der Waals surface area (Å²) in [6, 6.07) is 10.4. The molecule has 1 N–H and O–H groups in total. The molecule has 0 spiro atoms. The summed E-state index contributed by atoms with van der Waals surface area (Å²) >= 11 is 6.29. The fourth-order valence-corrected chi connectivity index (χ4v) is 2.87. The van der Waals surface area contributed by atoms with Crippen molar-refractivity contribution in [1.29, 1.82) is 5.26 Å². The first-order chi connectivity index (χ1) is 14.5. The van der Waals surface area contributed by atoms with Crippen LogP contribution in [0.15, 0.2) is 35.9 Å². The van der Waals surface area contributed by atoms with Crippen LogP contribution in [0.3, 0.4) is 0 Å². The lowest BCUT2D eigenvalue weighted by Gasteiger charge is -2.12. The maximum absolute atomic E-state index is 12.5. The smallest absolute Gasteiger partial charge is 0.262 e. The van der Waals surface area contributed by atoms with Gasteiger partial charge in [0.05, 0.1) is 33.0 Å². The Morgan fingerprint density at radius 2 is 1.83 bits per heavy atom. The summed E-state index contributed by atoms with van der Waals surface area (Å²) in [5, 5.41) is 12.5. The average molecular weight is 431 g/mol. The molecule has 158 valence electrons. The van der Waals surface area contributed by atoms with Gasteiger partial charge in [0.15, 0.2) is 11.5 Å². The maximum atomic E-state index is 12.5. The minimum absolute atomic E-state index is 0.101. The van der Waals surface area contributed by atoms with Gasteiger partial charge in [-0.1, -0.05) is 11.6 Å². The van der Waals surface area contributed by atoms with E-state index in [9.17, 15) is 10.1 Å². The first-order valence-electron chi connectivity index (χ1n) is 9.08. The first kappa shape index (κ1) is 22.9. The molecule has 8 heteroatoms. The number of nitrogens with zero attached hydrogens (tertiary/aromatic N) is 1. The Morgan fingerprint density at radius 3 is 2.43 bits per heavy atom. The molecule has 0 radical (unpaired) electrons. The second kappa shape index (κ2) is 11.0. The third-order valence-corrected chi connectivity index (χ3v) is 4.51. The molecule has 1 amide bonds. The largest absolute Gasteiger partial charge is 0.497 e. The summed E-state index contributed by atoms with van der Waals surface area (Å²) in [5.41, 5.74) is 1.10. The zero-order chi connectivity index (χ0) is 22.1. The fourth-order valence-electron chi connectivity index (χ4n) is 2.66. The summed E-state index contributed by atoms with van der Waals surface area (Å²) in [4.78, 5) is 12.5. The van der Waals surface area contributed by atoms with Crippen molar-refractivity contribution >= 4 is 23.6 Å². The first-order valence-corrected chi connectivity index (χ1v) is 9.46. The summed E-state index contributed by atoms with van der Waals surface area (Å²) in [6.07, 6.45) is 1.40. The lowest BCUT2D eigenvalue weighted by molar-refractivity contribution is -0.117. The number of rotatable bonds is 9. The Morgan fingerprint density at radius 1 is 1.10 bits per heavy atom. The molecule has 0 saturated heterocycles. The van der Waals surface area contributed by atoms with Gasteiger partial charge in [-0.2, -0.15) is 5.26 Å². The molecular formula is C22H23ClN2O5. The van der Waals surface area contributed by atoms with Crippen LogP contribution in [0, 0.1) is 11.3 Å². The minimum Gasteiger partial charge on any atom is -0.497 e. The van der Waals surface area contributed by atoms with Gasteiger partial charge in [0.25, 0.3) is 5.91 Å². The molecule has 0 aliphatic carbocycles. The number of methoxy groups -OCH3 is 3. The Kier molecular flexibility index (Phi) is 8.39. The van der Waals surface area contributed by atoms with Gasteiger partial charge in [-0.3, -0.25) is 4.79 Å². The van der Waals surface area contributed by atoms with Gasteiger partial charge in [-0.25, -0.2) is 0 Å². The van der Waals surface area contributed by atoms with E-state index in [1.54, 1.807) is 37.4 Å². The molecular weight excluding hydrogens is 408 g/mol. The molecule has 2 rings (SSSR count). The number of nitriles is 1. The quantitative estimate of drug-likeness (QED) is 0.478. The van der Waals surface area contributed by atoms with Crippen LogP contribution in [0.25, 0.3) is 6.08 Å². The van der Waals surface area contributed by atoms with E-state index in [0.29, 0.717) is 40.2 Å². The van der Waals surface area contributed by atoms with E-state index in [-0.39, 0.29) is 12.1 Å². The number of nitrogens with one attached hydrogen (secondary N) is 1. The molecule has 2 aromatic carbocycles. The monoisotopic (exact) mass is 430 g/mol. The number of carbonyl (C=O) groups is 1. The SMILES string of the molecule is CCOc1cc(Cl)c(/C=C(\C#N)C(=O)NCc2ccc(OC)cc2OC)cc1OC. The van der Waals surface area contributed by atoms with Crippen molar-refractivity contribution in [3.05, 3.63) is 52.1 Å². The number of hydrogen-bond donors (Lipinski definition) is 1. The van der Waals surface area contributed by atoms with Gasteiger partial charge in [-0.05, 0) is 36.8 Å². The highest BCUT2D eigenvalue weighted by Gasteiger charge is 2.14. The summed E-state index contributed by atoms with van der Waals surface area (Å²) in [5.74, 6) is 1.60. The summed E-state index contributed by atoms with van der Waals surface area (Å²) in [6.45, 7) is 2.46. The molecule has 0 aliphatic rings. The third-order valence-electron chi connectivity index (χ3n) is 4.18. The van der Waals surface area contributed by atoms with Crippen LogP contribution in [0.2, 0.25) is 5.02 Å². The number of halogens is 1. The van der Waals surface area contributed by atoms with E-state index in [0.717, 1.165) is 5.56 Å². The molecule has 30 heavy (non-hydrogen) atoms. The molecule has 0 aliphatic heterocycles. The van der Waals surface area contributed by atoms with Crippen LogP contribution < -0.4 is 24.3 Å². The Hall–Kier alpha value is -3.37. The van der Waals surface area contributed by atoms with Crippen molar-refractivity contribution in [2.24, 2.45) is 0 Å². The van der Waals surface area contributed by atoms with Crippen LogP contribution in [-0.2, 0) is 11.3 Å². The molecule has 0 atom stereocenters. The van der Waals surface area contributed by atoms with Gasteiger partial charge in [0.1, 0.15) is 23.1 Å². The van der Waals surface area contributed by atoms with Crippen LogP contribution in [0.1, 0.15) is 18.1 Å². The van der Waals surface area contributed by atoms with Crippen LogP contribution in [0.5, 0.6) is 23.0 Å². The average Bonchev–Trinajstić information content (AvgIpc) is 2.76. The number of amides is 1. The molecule has 0 bridgehead atoms. The van der Waals surface area contributed by atoms with E-state index >= 15 is 0 Å². The molecule has 0 heterocycles. The molecule has 0 aromatic heterocycles. The predicted molar refractivity (Wildman–Crippen MR) is 114 cm³/mol. The van der Waals surface area contributed by atoms with E-state index < -0.39 is 5.91 Å². The van der Waals surface area contributed by atoms with Crippen LogP contribution in [0.4, 0.5) is 0 Å². The summed E-state index contributed by atoms with van der Waals surface area (Å²) in [7, 11) is 4.59. The minimum atomic E-state index is -0.542. The highest BCUT2D eigenvalue weighted by atomic mass is 35.5. The standard InChI is InChI=1S/C22H23ClN2O5/c1-5-30-21-11-18(23)15(9-20(21)29-4)8-16(12-24)22(26)25-13-14-6-7-17(27-2)10-19(14)28-3/h6-11H,5,13H2,1-4H3,(H,25,26)/b16-8+. The van der Waals surface area contributed by atoms with Crippen molar-refractivity contribution in [2.45, 2.75) is 13.5 Å². The Balaban J connectivity index is 2.23. The number of carbonyl (C=O) groups excluding carboxylic acids is 1. The van der Waals surface area contributed by atoms with Crippen molar-refractivity contribution < 1.29 is 23.7 Å². The van der Waals surface area contributed by atoms with Crippen molar-refractivity contribution in [1.82, 2.24) is 5.32 Å². The topological polar surface area (TPSA) is 89.8 Å². The molecule has 7 nitrogen and oxygen atoms in total. The van der Waals surface area contributed by atoms with Crippen LogP contribution in [-0.4, -0.2) is 33.8 Å². The second-order valence-electron chi connectivity index (χ2n) is 5.99. The fraction of sp³-hybridized carbons (Fsp3) is 0.273. The lowest BCUT2D eigenvalue weighted by Crippen LogP contribution is -2.24. The lowest BCUT2D eigenvalue weighted by atomic mass is 10.1. The second-order valence-corrected chi connectivity index (χ2v) is 6.40. The number of hydrogen-bond acceptors (Lipinski definition) is 6. The predicted octanol–water partition coefficient (Wildman–Crippen LogP) is 3.99. The van der Waals surface area contributed by atoms with Crippen LogP contribution >= 0.6 is 11.6 Å².